The van der Waals surface area contributed by atoms with E-state index >= 15 is 0 Å². The fraction of sp³-hybridized carbons (Fsp3) is 0.846. The van der Waals surface area contributed by atoms with Crippen LogP contribution in [0.15, 0.2) is 0 Å². The van der Waals surface area contributed by atoms with E-state index in [4.69, 9.17) is 9.47 Å². The molecule has 2 aliphatic rings. The van der Waals surface area contributed by atoms with Crippen molar-refractivity contribution in [1.82, 2.24) is 4.90 Å². The highest BCUT2D eigenvalue weighted by atomic mass is 16.6. The number of carboxylic acids is 1. The van der Waals surface area contributed by atoms with Gasteiger partial charge < -0.3 is 14.6 Å². The maximum absolute atomic E-state index is 12.2. The number of aliphatic carboxylic acids is 1. The Morgan fingerprint density at radius 2 is 2.00 bits per heavy atom. The van der Waals surface area contributed by atoms with E-state index in [-0.39, 0.29) is 5.41 Å². The Kier molecular flexibility index (Phi) is 3.47. The van der Waals surface area contributed by atoms with Crippen LogP contribution in [-0.2, 0) is 14.3 Å². The largest absolute Gasteiger partial charge is 0.480 e. The second kappa shape index (κ2) is 4.67. The van der Waals surface area contributed by atoms with Crippen molar-refractivity contribution in [3.8, 4) is 0 Å². The molecule has 0 aromatic carbocycles. The van der Waals surface area contributed by atoms with Crippen molar-refractivity contribution in [1.29, 1.82) is 0 Å². The Labute approximate surface area is 112 Å². The molecule has 0 aliphatic carbocycles. The fourth-order valence-corrected chi connectivity index (χ4v) is 2.54. The molecule has 6 heteroatoms. The molecule has 2 fully saturated rings. The second-order valence-electron chi connectivity index (χ2n) is 6.49. The molecule has 1 atom stereocenters. The lowest BCUT2D eigenvalue weighted by molar-refractivity contribution is -0.166. The van der Waals surface area contributed by atoms with Crippen LogP contribution < -0.4 is 0 Å². The highest BCUT2D eigenvalue weighted by Gasteiger charge is 2.49. The third kappa shape index (κ3) is 3.00. The number of ether oxygens (including phenoxy) is 2. The molecule has 2 aliphatic heterocycles. The van der Waals surface area contributed by atoms with Crippen molar-refractivity contribution in [2.75, 3.05) is 19.8 Å². The van der Waals surface area contributed by atoms with Gasteiger partial charge in [-0.05, 0) is 33.6 Å². The van der Waals surface area contributed by atoms with Crippen LogP contribution in [0.4, 0.5) is 4.79 Å². The Morgan fingerprint density at radius 3 is 2.42 bits per heavy atom. The number of hydrogen-bond acceptors (Lipinski definition) is 4. The lowest BCUT2D eigenvalue weighted by Crippen LogP contribution is -2.61. The minimum atomic E-state index is -0.971. The van der Waals surface area contributed by atoms with Crippen molar-refractivity contribution in [2.24, 2.45) is 5.41 Å². The van der Waals surface area contributed by atoms with E-state index < -0.39 is 23.7 Å². The quantitative estimate of drug-likeness (QED) is 0.782. The van der Waals surface area contributed by atoms with Crippen LogP contribution in [0.2, 0.25) is 0 Å². The highest BCUT2D eigenvalue weighted by molar-refractivity contribution is 5.80. The molecule has 2 saturated heterocycles. The van der Waals surface area contributed by atoms with Gasteiger partial charge in [0, 0.05) is 12.0 Å². The number of carboxylic acid groups (broad SMARTS) is 1. The van der Waals surface area contributed by atoms with Gasteiger partial charge in [0.05, 0.1) is 13.2 Å². The molecule has 108 valence electrons. The Bertz CT molecular complexity index is 383. The summed E-state index contributed by atoms with van der Waals surface area (Å²) in [6, 6.07) is -0.791. The van der Waals surface area contributed by atoms with Crippen LogP contribution in [0, 0.1) is 5.41 Å². The monoisotopic (exact) mass is 271 g/mol. The van der Waals surface area contributed by atoms with E-state index in [2.05, 4.69) is 0 Å². The molecule has 1 spiro atoms. The summed E-state index contributed by atoms with van der Waals surface area (Å²) in [6.07, 6.45) is 0.687. The van der Waals surface area contributed by atoms with Gasteiger partial charge >= 0.3 is 12.1 Å². The first kappa shape index (κ1) is 14.1. The van der Waals surface area contributed by atoms with Crippen molar-refractivity contribution >= 4 is 12.1 Å². The molecule has 0 saturated carbocycles. The van der Waals surface area contributed by atoms with Gasteiger partial charge in [-0.1, -0.05) is 0 Å². The summed E-state index contributed by atoms with van der Waals surface area (Å²) < 4.78 is 10.5. The van der Waals surface area contributed by atoms with Crippen LogP contribution in [-0.4, -0.2) is 53.5 Å². The van der Waals surface area contributed by atoms with Crippen LogP contribution in [0.25, 0.3) is 0 Å². The Morgan fingerprint density at radius 1 is 1.37 bits per heavy atom. The maximum atomic E-state index is 12.2. The summed E-state index contributed by atoms with van der Waals surface area (Å²) in [6.45, 7) is 6.91. The summed E-state index contributed by atoms with van der Waals surface area (Å²) in [5.74, 6) is -0.971. The molecule has 2 rings (SSSR count). The van der Waals surface area contributed by atoms with Gasteiger partial charge in [-0.3, -0.25) is 4.90 Å². The molecular formula is C13H21NO5. The van der Waals surface area contributed by atoms with Gasteiger partial charge in [-0.2, -0.15) is 0 Å². The van der Waals surface area contributed by atoms with E-state index in [0.29, 0.717) is 26.2 Å². The molecule has 2 heterocycles. The number of hydrogen-bond donors (Lipinski definition) is 1. The SMILES string of the molecule is CC(C)(C)OC(=O)N1CC2(CCC1C(=O)O)COC2. The van der Waals surface area contributed by atoms with Crippen LogP contribution >= 0.6 is 0 Å². The number of likely N-dealkylation sites (tertiary alicyclic amines) is 1. The molecule has 0 aromatic heterocycles. The standard InChI is InChI=1S/C13H21NO5/c1-12(2,3)19-11(17)14-6-13(7-18-8-13)5-4-9(14)10(15)16/h9H,4-8H2,1-3H3,(H,15,16). The fourth-order valence-electron chi connectivity index (χ4n) is 2.54. The van der Waals surface area contributed by atoms with E-state index in [0.717, 1.165) is 6.42 Å². The van der Waals surface area contributed by atoms with Crippen molar-refractivity contribution in [3.05, 3.63) is 0 Å². The Balaban J connectivity index is 2.11. The number of piperidine rings is 1. The topological polar surface area (TPSA) is 76.1 Å². The number of carbonyl (C=O) groups is 2. The molecule has 0 aromatic rings. The first-order valence-corrected chi connectivity index (χ1v) is 6.53. The van der Waals surface area contributed by atoms with Gasteiger partial charge in [-0.25, -0.2) is 9.59 Å². The zero-order chi connectivity index (χ0) is 14.3. The van der Waals surface area contributed by atoms with Crippen LogP contribution in [0.1, 0.15) is 33.6 Å². The number of rotatable bonds is 1. The van der Waals surface area contributed by atoms with E-state index in [1.54, 1.807) is 20.8 Å². The van der Waals surface area contributed by atoms with Crippen molar-refractivity contribution < 1.29 is 24.2 Å². The molecular weight excluding hydrogens is 250 g/mol. The molecule has 6 nitrogen and oxygen atoms in total. The first-order valence-electron chi connectivity index (χ1n) is 6.53. The van der Waals surface area contributed by atoms with Crippen molar-refractivity contribution in [3.63, 3.8) is 0 Å². The average Bonchev–Trinajstić information content (AvgIpc) is 2.23. The van der Waals surface area contributed by atoms with Gasteiger partial charge in [0.1, 0.15) is 11.6 Å². The van der Waals surface area contributed by atoms with Gasteiger partial charge in [0.2, 0.25) is 0 Å². The van der Waals surface area contributed by atoms with E-state index in [1.165, 1.54) is 4.90 Å². The smallest absolute Gasteiger partial charge is 0.411 e. The molecule has 1 amide bonds. The zero-order valence-corrected chi connectivity index (χ0v) is 11.6. The average molecular weight is 271 g/mol. The third-order valence-corrected chi connectivity index (χ3v) is 3.56. The predicted molar refractivity (Wildman–Crippen MR) is 66.8 cm³/mol. The molecule has 1 N–H and O–H groups in total. The van der Waals surface area contributed by atoms with E-state index in [9.17, 15) is 14.7 Å². The van der Waals surface area contributed by atoms with Gasteiger partial charge in [0.15, 0.2) is 0 Å². The molecule has 0 bridgehead atoms. The summed E-state index contributed by atoms with van der Waals surface area (Å²) in [5.41, 5.74) is -0.691. The third-order valence-electron chi connectivity index (χ3n) is 3.56. The highest BCUT2D eigenvalue weighted by Crippen LogP contribution is 2.39. The number of nitrogens with zero attached hydrogens (tertiary/aromatic N) is 1. The lowest BCUT2D eigenvalue weighted by atomic mass is 9.76. The lowest BCUT2D eigenvalue weighted by Gasteiger charge is -2.49. The van der Waals surface area contributed by atoms with E-state index in [1.807, 2.05) is 0 Å². The van der Waals surface area contributed by atoms with Crippen LogP contribution in [0.3, 0.4) is 0 Å². The number of amides is 1. The minimum absolute atomic E-state index is 0.0666. The molecule has 0 radical (unpaired) electrons. The summed E-state index contributed by atoms with van der Waals surface area (Å²) >= 11 is 0. The number of carbonyl (C=O) groups excluding carboxylic acids is 1. The normalized spacial score (nSPS) is 25.8. The predicted octanol–water partition coefficient (Wildman–Crippen LogP) is 1.49. The second-order valence-corrected chi connectivity index (χ2v) is 6.49. The summed E-state index contributed by atoms with van der Waals surface area (Å²) in [4.78, 5) is 24.8. The Hall–Kier alpha value is -1.30. The summed E-state index contributed by atoms with van der Waals surface area (Å²) in [7, 11) is 0. The minimum Gasteiger partial charge on any atom is -0.480 e. The zero-order valence-electron chi connectivity index (χ0n) is 11.6. The van der Waals surface area contributed by atoms with Crippen molar-refractivity contribution in [2.45, 2.75) is 45.3 Å². The molecule has 19 heavy (non-hydrogen) atoms. The first-order chi connectivity index (χ1) is 8.72. The van der Waals surface area contributed by atoms with Gasteiger partial charge in [0.25, 0.3) is 0 Å². The van der Waals surface area contributed by atoms with Gasteiger partial charge in [-0.15, -0.1) is 0 Å². The van der Waals surface area contributed by atoms with Crippen LogP contribution in [0.5, 0.6) is 0 Å². The maximum Gasteiger partial charge on any atom is 0.411 e. The molecule has 1 unspecified atom stereocenters. The summed E-state index contributed by atoms with van der Waals surface area (Å²) in [5, 5.41) is 9.24.